The summed E-state index contributed by atoms with van der Waals surface area (Å²) in [6.07, 6.45) is 4.71. The SMILES string of the molecule is CC(=O)OCC1OC(OCCOCCOCCNC(=O)CCOCC(COCCC(=O)NCCOCCOCCOC2OC(COC(C)=O)C(C)C(C)C2C)(COCCC(=O)NCCOCCOCCOC2OC(COC(C)=O)C(C)C(C)C2C)CC(=O)CCCCCCCCCCC(=O)O)C(C)C(C)C1C.CC(C)(OCCN)OCCNC(=O)OCc1ccccc1. The van der Waals surface area contributed by atoms with Crippen LogP contribution >= 0.6 is 0 Å². The molecule has 4 rings (SSSR count). The third kappa shape index (κ3) is 54.7. The first-order chi connectivity index (χ1) is 61.4. The van der Waals surface area contributed by atoms with Gasteiger partial charge in [-0.25, -0.2) is 4.79 Å². The Labute approximate surface area is 760 Å². The maximum atomic E-state index is 14.0. The molecule has 1 aromatic carbocycles. The molecule has 3 fully saturated rings. The van der Waals surface area contributed by atoms with Crippen LogP contribution in [0.5, 0.6) is 0 Å². The van der Waals surface area contributed by atoms with Crippen LogP contribution in [-0.2, 0) is 144 Å². The van der Waals surface area contributed by atoms with Crippen LogP contribution in [0.25, 0.3) is 0 Å². The maximum absolute atomic E-state index is 14.0. The zero-order valence-electron chi connectivity index (χ0n) is 79.3. The van der Waals surface area contributed by atoms with Gasteiger partial charge in [0.15, 0.2) is 24.7 Å². The first-order valence-corrected chi connectivity index (χ1v) is 46.2. The minimum absolute atomic E-state index is 0.00196. The van der Waals surface area contributed by atoms with Crippen molar-refractivity contribution in [2.24, 2.45) is 64.4 Å². The number of amides is 4. The van der Waals surface area contributed by atoms with Gasteiger partial charge >= 0.3 is 30.0 Å². The summed E-state index contributed by atoms with van der Waals surface area (Å²) in [5.41, 5.74) is 5.23. The van der Waals surface area contributed by atoms with E-state index >= 15 is 0 Å². The highest BCUT2D eigenvalue weighted by atomic mass is 16.7. The molecule has 128 heavy (non-hydrogen) atoms. The van der Waals surface area contributed by atoms with Gasteiger partial charge in [-0.15, -0.1) is 0 Å². The van der Waals surface area contributed by atoms with E-state index in [0.717, 1.165) is 44.1 Å². The summed E-state index contributed by atoms with van der Waals surface area (Å²) in [4.78, 5) is 110. The Balaban J connectivity index is 0.00000175. The second kappa shape index (κ2) is 70.5. The minimum atomic E-state index is -1.07. The van der Waals surface area contributed by atoms with Crippen molar-refractivity contribution in [3.63, 3.8) is 0 Å². The summed E-state index contributed by atoms with van der Waals surface area (Å²) < 4.78 is 121. The highest BCUT2D eigenvalue weighted by Gasteiger charge is 2.43. The fourth-order valence-corrected chi connectivity index (χ4v) is 14.3. The molecule has 15 unspecified atom stereocenters. The van der Waals surface area contributed by atoms with Crippen molar-refractivity contribution in [3.8, 4) is 0 Å². The van der Waals surface area contributed by atoms with Crippen LogP contribution in [0.2, 0.25) is 0 Å². The molecule has 7 N–H and O–H groups in total. The van der Waals surface area contributed by atoms with Crippen LogP contribution in [-0.4, -0.2) is 306 Å². The summed E-state index contributed by atoms with van der Waals surface area (Å²) >= 11 is 0. The van der Waals surface area contributed by atoms with Gasteiger partial charge in [0.25, 0.3) is 0 Å². The summed E-state index contributed by atoms with van der Waals surface area (Å²) in [7, 11) is 0. The van der Waals surface area contributed by atoms with E-state index in [1.54, 1.807) is 13.8 Å². The number of Topliss-reactive ketones (excluding diaryl/α,β-unsaturated/α-hetero) is 1. The normalized spacial score (nSPS) is 22.7. The van der Waals surface area contributed by atoms with E-state index in [9.17, 15) is 43.2 Å². The number of benzene rings is 1. The van der Waals surface area contributed by atoms with Crippen LogP contribution in [0.3, 0.4) is 0 Å². The Morgan fingerprint density at radius 1 is 0.367 bits per heavy atom. The quantitative estimate of drug-likeness (QED) is 0.0153. The summed E-state index contributed by atoms with van der Waals surface area (Å²) in [5, 5.41) is 20.1. The molecule has 0 aliphatic carbocycles. The Bertz CT molecular complexity index is 2910. The fourth-order valence-electron chi connectivity index (χ4n) is 14.3. The van der Waals surface area contributed by atoms with Gasteiger partial charge in [0.2, 0.25) is 17.7 Å². The number of unbranched alkanes of at least 4 members (excludes halogenated alkanes) is 7. The van der Waals surface area contributed by atoms with Gasteiger partial charge in [0.1, 0.15) is 32.2 Å². The van der Waals surface area contributed by atoms with Crippen molar-refractivity contribution in [3.05, 3.63) is 35.9 Å². The number of alkyl carbamates (subject to hydrolysis) is 1. The Hall–Kier alpha value is -6.27. The predicted octanol–water partition coefficient (Wildman–Crippen LogP) is 8.87. The Morgan fingerprint density at radius 2 is 0.695 bits per heavy atom. The molecule has 0 saturated carbocycles. The number of aliphatic carboxylic acids is 1. The molecule has 0 bridgehead atoms. The predicted molar refractivity (Wildman–Crippen MR) is 472 cm³/mol. The monoisotopic (exact) mass is 1830 g/mol. The largest absolute Gasteiger partial charge is 0.481 e. The lowest BCUT2D eigenvalue weighted by Gasteiger charge is -2.43. The smallest absolute Gasteiger partial charge is 0.407 e. The molecule has 3 saturated heterocycles. The molecule has 4 amide bonds. The lowest BCUT2D eigenvalue weighted by Crippen LogP contribution is -2.48. The molecule has 0 spiro atoms. The van der Waals surface area contributed by atoms with E-state index in [2.05, 4.69) is 83.6 Å². The van der Waals surface area contributed by atoms with E-state index in [1.165, 1.54) is 20.8 Å². The number of esters is 3. The lowest BCUT2D eigenvalue weighted by atomic mass is 9.79. The number of hydrogen-bond acceptors (Lipinski definition) is 31. The van der Waals surface area contributed by atoms with E-state index in [0.29, 0.717) is 143 Å². The molecule has 36 heteroatoms. The number of nitrogens with two attached hydrogens (primary N) is 1. The maximum Gasteiger partial charge on any atom is 0.407 e. The summed E-state index contributed by atoms with van der Waals surface area (Å²) in [6, 6.07) is 9.50. The molecule has 0 aromatic heterocycles. The highest BCUT2D eigenvalue weighted by Crippen LogP contribution is 2.39. The molecule has 3 aliphatic rings. The summed E-state index contributed by atoms with van der Waals surface area (Å²) in [6.45, 7) is 34.0. The first-order valence-electron chi connectivity index (χ1n) is 46.2. The van der Waals surface area contributed by atoms with Gasteiger partial charge in [-0.05, 0) is 67.8 Å². The number of carboxylic acid groups (broad SMARTS) is 1. The number of nitrogens with one attached hydrogen (secondary N) is 4. The first kappa shape index (κ1) is 116. The van der Waals surface area contributed by atoms with Crippen LogP contribution in [0.1, 0.15) is 192 Å². The van der Waals surface area contributed by atoms with Gasteiger partial charge in [-0.1, -0.05) is 131 Å². The zero-order chi connectivity index (χ0) is 94.2. The highest BCUT2D eigenvalue weighted by molar-refractivity contribution is 5.79. The zero-order valence-corrected chi connectivity index (χ0v) is 79.3. The molecule has 1 aromatic rings. The van der Waals surface area contributed by atoms with Gasteiger partial charge in [0, 0.05) is 115 Å². The average Bonchev–Trinajstić information content (AvgIpc) is 1.66. The molecule has 740 valence electrons. The summed E-state index contributed by atoms with van der Waals surface area (Å²) in [5.74, 6) is -1.59. The van der Waals surface area contributed by atoms with Crippen molar-refractivity contribution in [1.29, 1.82) is 0 Å². The van der Waals surface area contributed by atoms with Crippen molar-refractivity contribution < 1.29 is 148 Å². The van der Waals surface area contributed by atoms with Crippen molar-refractivity contribution in [2.45, 2.75) is 236 Å². The number of carbonyl (C=O) groups excluding carboxylic acids is 8. The molecule has 36 nitrogen and oxygen atoms in total. The Kier molecular flexibility index (Phi) is 63.8. The van der Waals surface area contributed by atoms with E-state index in [4.69, 9.17) is 110 Å². The second-order valence-corrected chi connectivity index (χ2v) is 33.8. The molecule has 3 heterocycles. The van der Waals surface area contributed by atoms with E-state index in [-0.39, 0.29) is 233 Å². The van der Waals surface area contributed by atoms with Gasteiger partial charge < -0.3 is 132 Å². The fraction of sp³-hybridized carbons (Fsp3) is 0.837. The number of hydrogen-bond donors (Lipinski definition) is 6. The van der Waals surface area contributed by atoms with Crippen LogP contribution in [0.4, 0.5) is 4.79 Å². The molecular weight excluding hydrogens is 1670 g/mol. The number of ether oxygens (including phenoxy) is 21. The standard InChI is InChI=1S/C77H137N3O27.C15H24N2O4/c1-54-57(4)67(48-102-63(10)81)105-74(60(54)7)99-44-41-93-38-35-90-32-26-78-70(85)23-29-96-51-77(47-66(84)21-19-17-15-13-14-16-18-20-22-73(88)89,52-97-30-24-71(86)79-27-33-91-36-39-94-42-45-100-75-61(8)55(2)58(5)68(106-75)49-103-64(11)82)53-98-31-25-72(87)80-28-34-92-37-40-95-43-46-101-76-62(9)56(3)59(6)69(107-76)50-104-65(12)83;1-15(2,20-10-8-16)21-11-9-17-14(18)19-12-13-6-4-3-5-7-13/h54-62,67-69,74-76H,13-53H2,1-12H3,(H,78,85)(H,79,86)(H,80,87)(H,88,89);3-7H,8-12,16H2,1-2H3,(H,17,18). The molecular formula is C92H161N5O31. The van der Waals surface area contributed by atoms with Crippen LogP contribution < -0.4 is 27.0 Å². The average molecular weight is 1830 g/mol. The van der Waals surface area contributed by atoms with E-state index < -0.39 is 42.1 Å². The van der Waals surface area contributed by atoms with Gasteiger partial charge in [-0.2, -0.15) is 0 Å². The van der Waals surface area contributed by atoms with Gasteiger partial charge in [-0.3, -0.25) is 38.4 Å². The van der Waals surface area contributed by atoms with Crippen molar-refractivity contribution in [1.82, 2.24) is 21.3 Å². The number of carbonyl (C=O) groups is 9. The van der Waals surface area contributed by atoms with Crippen molar-refractivity contribution >= 4 is 53.5 Å². The van der Waals surface area contributed by atoms with Crippen LogP contribution in [0, 0.1) is 58.7 Å². The number of carboxylic acids is 1. The molecule has 15 atom stereocenters. The number of ketones is 1. The van der Waals surface area contributed by atoms with Gasteiger partial charge in [0.05, 0.1) is 170 Å². The number of rotatable bonds is 73. The molecule has 3 aliphatic heterocycles. The third-order valence-corrected chi connectivity index (χ3v) is 23.1. The van der Waals surface area contributed by atoms with E-state index in [1.807, 2.05) is 30.3 Å². The van der Waals surface area contributed by atoms with Crippen molar-refractivity contribution in [2.75, 3.05) is 205 Å². The topological polar surface area (TPSA) is 442 Å². The molecule has 0 radical (unpaired) electrons. The second-order valence-electron chi connectivity index (χ2n) is 33.8. The lowest BCUT2D eigenvalue weighted by molar-refractivity contribution is -0.258. The minimum Gasteiger partial charge on any atom is -0.481 e. The Morgan fingerprint density at radius 3 is 1.05 bits per heavy atom. The third-order valence-electron chi connectivity index (χ3n) is 23.1. The van der Waals surface area contributed by atoms with Crippen LogP contribution in [0.15, 0.2) is 30.3 Å².